The lowest BCUT2D eigenvalue weighted by atomic mass is 10.0. The molecule has 0 aliphatic heterocycles. The zero-order valence-corrected chi connectivity index (χ0v) is 17.1. The summed E-state index contributed by atoms with van der Waals surface area (Å²) in [6.45, 7) is -0.211. The SMILES string of the molecule is COc1ccc(OC)c(C(=O)COc2ccc3c(-c4ccccc4)cc(=O)oc3c2)c1. The van der Waals surface area contributed by atoms with Crippen LogP contribution in [0.15, 0.2) is 82.0 Å². The van der Waals surface area contributed by atoms with Crippen LogP contribution in [0.2, 0.25) is 0 Å². The van der Waals surface area contributed by atoms with Crippen LogP contribution in [-0.2, 0) is 0 Å². The van der Waals surface area contributed by atoms with E-state index < -0.39 is 5.63 Å². The number of hydrogen-bond acceptors (Lipinski definition) is 6. The first-order valence-electron chi connectivity index (χ1n) is 9.60. The Bertz CT molecular complexity index is 1290. The van der Waals surface area contributed by atoms with Gasteiger partial charge in [-0.2, -0.15) is 0 Å². The molecule has 0 unspecified atom stereocenters. The minimum Gasteiger partial charge on any atom is -0.497 e. The first kappa shape index (κ1) is 20.2. The van der Waals surface area contributed by atoms with Crippen molar-refractivity contribution >= 4 is 16.8 Å². The highest BCUT2D eigenvalue weighted by atomic mass is 16.5. The molecule has 0 saturated heterocycles. The van der Waals surface area contributed by atoms with Gasteiger partial charge in [-0.25, -0.2) is 4.79 Å². The van der Waals surface area contributed by atoms with E-state index in [0.29, 0.717) is 28.4 Å². The maximum atomic E-state index is 12.7. The van der Waals surface area contributed by atoms with Crippen LogP contribution >= 0.6 is 0 Å². The minimum atomic E-state index is -0.458. The lowest BCUT2D eigenvalue weighted by molar-refractivity contribution is 0.0918. The largest absolute Gasteiger partial charge is 0.497 e. The molecule has 0 aliphatic carbocycles. The molecule has 156 valence electrons. The van der Waals surface area contributed by atoms with E-state index in [2.05, 4.69) is 0 Å². The molecule has 0 atom stereocenters. The van der Waals surface area contributed by atoms with Crippen molar-refractivity contribution in [1.82, 2.24) is 0 Å². The van der Waals surface area contributed by atoms with E-state index in [0.717, 1.165) is 16.5 Å². The second kappa shape index (κ2) is 8.75. The predicted molar refractivity (Wildman–Crippen MR) is 117 cm³/mol. The molecule has 0 radical (unpaired) electrons. The van der Waals surface area contributed by atoms with E-state index in [1.165, 1.54) is 20.3 Å². The molecule has 0 spiro atoms. The van der Waals surface area contributed by atoms with E-state index in [1.54, 1.807) is 30.3 Å². The Morgan fingerprint density at radius 1 is 0.871 bits per heavy atom. The molecular formula is C25H20O6. The Hall–Kier alpha value is -4.06. The number of rotatable bonds is 7. The summed E-state index contributed by atoms with van der Waals surface area (Å²) in [5, 5.41) is 0.777. The van der Waals surface area contributed by atoms with Crippen molar-refractivity contribution in [1.29, 1.82) is 0 Å². The molecular weight excluding hydrogens is 396 g/mol. The number of ketones is 1. The van der Waals surface area contributed by atoms with E-state index in [9.17, 15) is 9.59 Å². The van der Waals surface area contributed by atoms with Gasteiger partial charge in [0, 0.05) is 17.5 Å². The summed E-state index contributed by atoms with van der Waals surface area (Å²) < 4.78 is 21.5. The van der Waals surface area contributed by atoms with E-state index >= 15 is 0 Å². The fraction of sp³-hybridized carbons (Fsp3) is 0.120. The van der Waals surface area contributed by atoms with Gasteiger partial charge >= 0.3 is 5.63 Å². The van der Waals surface area contributed by atoms with Crippen LogP contribution in [0.1, 0.15) is 10.4 Å². The van der Waals surface area contributed by atoms with Crippen molar-refractivity contribution in [3.05, 3.63) is 88.8 Å². The van der Waals surface area contributed by atoms with Gasteiger partial charge in [-0.1, -0.05) is 30.3 Å². The normalized spacial score (nSPS) is 10.6. The third kappa shape index (κ3) is 4.28. The lowest BCUT2D eigenvalue weighted by Gasteiger charge is -2.11. The molecule has 4 rings (SSSR count). The molecule has 0 amide bonds. The van der Waals surface area contributed by atoms with Gasteiger partial charge in [-0.05, 0) is 41.5 Å². The molecule has 0 N–H and O–H groups in total. The Labute approximate surface area is 178 Å². The van der Waals surface area contributed by atoms with Crippen molar-refractivity contribution in [2.45, 2.75) is 0 Å². The number of ether oxygens (including phenoxy) is 3. The highest BCUT2D eigenvalue weighted by Crippen LogP contribution is 2.30. The molecule has 1 aromatic heterocycles. The highest BCUT2D eigenvalue weighted by molar-refractivity contribution is 6.00. The number of fused-ring (bicyclic) bond motifs is 1. The monoisotopic (exact) mass is 416 g/mol. The third-order valence-corrected chi connectivity index (χ3v) is 4.88. The molecule has 0 fully saturated rings. The number of Topliss-reactive ketones (excluding diaryl/α,β-unsaturated/α-hetero) is 1. The van der Waals surface area contributed by atoms with Crippen LogP contribution in [0.4, 0.5) is 0 Å². The zero-order chi connectivity index (χ0) is 21.8. The van der Waals surface area contributed by atoms with E-state index in [-0.39, 0.29) is 12.4 Å². The maximum Gasteiger partial charge on any atom is 0.336 e. The van der Waals surface area contributed by atoms with Gasteiger partial charge in [0.2, 0.25) is 5.78 Å². The quantitative estimate of drug-likeness (QED) is 0.320. The van der Waals surface area contributed by atoms with E-state index in [4.69, 9.17) is 18.6 Å². The van der Waals surface area contributed by atoms with Crippen LogP contribution in [0.5, 0.6) is 17.2 Å². The van der Waals surface area contributed by atoms with Gasteiger partial charge in [0.05, 0.1) is 19.8 Å². The third-order valence-electron chi connectivity index (χ3n) is 4.88. The smallest absolute Gasteiger partial charge is 0.336 e. The fourth-order valence-electron chi connectivity index (χ4n) is 3.35. The van der Waals surface area contributed by atoms with Gasteiger partial charge < -0.3 is 18.6 Å². The van der Waals surface area contributed by atoms with E-state index in [1.807, 2.05) is 36.4 Å². The summed E-state index contributed by atoms with van der Waals surface area (Å²) in [7, 11) is 3.02. The first-order chi connectivity index (χ1) is 15.1. The fourth-order valence-corrected chi connectivity index (χ4v) is 3.35. The summed E-state index contributed by atoms with van der Waals surface area (Å²) >= 11 is 0. The second-order valence-corrected chi connectivity index (χ2v) is 6.78. The van der Waals surface area contributed by atoms with Crippen molar-refractivity contribution in [3.8, 4) is 28.4 Å². The molecule has 0 aliphatic rings. The van der Waals surface area contributed by atoms with Crippen LogP contribution in [0.25, 0.3) is 22.1 Å². The van der Waals surface area contributed by atoms with Gasteiger partial charge in [-0.15, -0.1) is 0 Å². The summed E-state index contributed by atoms with van der Waals surface area (Å²) in [4.78, 5) is 24.8. The number of methoxy groups -OCH3 is 2. The van der Waals surface area contributed by atoms with Crippen LogP contribution in [0.3, 0.4) is 0 Å². The summed E-state index contributed by atoms with van der Waals surface area (Å²) in [6, 6.07) is 21.2. The molecule has 4 aromatic rings. The van der Waals surface area contributed by atoms with Crippen molar-refractivity contribution < 1.29 is 23.4 Å². The molecule has 0 bridgehead atoms. The average molecular weight is 416 g/mol. The molecule has 0 saturated carbocycles. The second-order valence-electron chi connectivity index (χ2n) is 6.78. The standard InChI is InChI=1S/C25H20O6/c1-28-17-9-11-23(29-2)21(12-17)22(26)15-30-18-8-10-19-20(16-6-4-3-5-7-16)14-25(27)31-24(19)13-18/h3-14H,15H2,1-2H3. The predicted octanol–water partition coefficient (Wildman–Crippen LogP) is 4.74. The topological polar surface area (TPSA) is 75.0 Å². The Kier molecular flexibility index (Phi) is 5.71. The van der Waals surface area contributed by atoms with Crippen LogP contribution < -0.4 is 19.8 Å². The molecule has 3 aromatic carbocycles. The van der Waals surface area contributed by atoms with Crippen molar-refractivity contribution in [2.75, 3.05) is 20.8 Å². The minimum absolute atomic E-state index is 0.211. The Balaban J connectivity index is 1.60. The average Bonchev–Trinajstić information content (AvgIpc) is 2.81. The Morgan fingerprint density at radius 2 is 1.65 bits per heavy atom. The number of carbonyl (C=O) groups excluding carboxylic acids is 1. The highest BCUT2D eigenvalue weighted by Gasteiger charge is 2.15. The van der Waals surface area contributed by atoms with Gasteiger partial charge in [-0.3, -0.25) is 4.79 Å². The summed E-state index contributed by atoms with van der Waals surface area (Å²) in [6.07, 6.45) is 0. The summed E-state index contributed by atoms with van der Waals surface area (Å²) in [5.41, 5.74) is 1.97. The Morgan fingerprint density at radius 3 is 2.39 bits per heavy atom. The molecule has 1 heterocycles. The number of carbonyl (C=O) groups is 1. The summed E-state index contributed by atoms with van der Waals surface area (Å²) in [5.74, 6) is 1.13. The molecule has 31 heavy (non-hydrogen) atoms. The first-order valence-corrected chi connectivity index (χ1v) is 9.60. The number of benzene rings is 3. The van der Waals surface area contributed by atoms with Gasteiger partial charge in [0.15, 0.2) is 6.61 Å². The van der Waals surface area contributed by atoms with Crippen LogP contribution in [-0.4, -0.2) is 26.6 Å². The molecule has 6 heteroatoms. The zero-order valence-electron chi connectivity index (χ0n) is 17.1. The van der Waals surface area contributed by atoms with Crippen molar-refractivity contribution in [3.63, 3.8) is 0 Å². The number of hydrogen-bond donors (Lipinski definition) is 0. The van der Waals surface area contributed by atoms with Crippen molar-refractivity contribution in [2.24, 2.45) is 0 Å². The van der Waals surface area contributed by atoms with Crippen LogP contribution in [0, 0.1) is 0 Å². The van der Waals surface area contributed by atoms with Gasteiger partial charge in [0.1, 0.15) is 22.8 Å². The maximum absolute atomic E-state index is 12.7. The van der Waals surface area contributed by atoms with Gasteiger partial charge in [0.25, 0.3) is 0 Å². The lowest BCUT2D eigenvalue weighted by Crippen LogP contribution is -2.13. The molecule has 6 nitrogen and oxygen atoms in total.